The number of aromatic nitrogens is 3. The largest absolute Gasteiger partial charge is 0.309 e. The number of fused-ring (bicyclic) bond motifs is 12. The van der Waals surface area contributed by atoms with Gasteiger partial charge in [0.2, 0.25) is 0 Å². The average Bonchev–Trinajstić information content (AvgIpc) is 3.95. The summed E-state index contributed by atoms with van der Waals surface area (Å²) in [4.78, 5) is 5.42. The fraction of sp³-hybridized carbons (Fsp3) is 0. The first kappa shape index (κ1) is 32.5. The number of para-hydroxylation sites is 5. The van der Waals surface area contributed by atoms with Crippen LogP contribution in [0.1, 0.15) is 0 Å². The van der Waals surface area contributed by atoms with E-state index in [1.54, 1.807) is 0 Å². The Hall–Kier alpha value is -7.53. The molecule has 0 aliphatic carbocycles. The van der Waals surface area contributed by atoms with Gasteiger partial charge < -0.3 is 9.13 Å². The second kappa shape index (κ2) is 12.5. The molecule has 0 atom stereocenters. The molecule has 0 saturated carbocycles. The molecular formula is C55H33N3S. The van der Waals surface area contributed by atoms with Crippen LogP contribution in [0.5, 0.6) is 0 Å². The standard InChI is InChI=1S/C55H33N3S/c1-7-22-48-39(16-1)45-32-46-44-21-6-12-27-53(44)59-54(46)33-47(45)55(56-48)35-15-13-14-34(28-35)36-29-37(57-49-23-8-2-17-40(49)41-18-3-9-24-50(41)57)31-38(30-36)58-51-25-10-4-19-42(51)43-20-5-11-26-52(43)58/h1-33H. The maximum absolute atomic E-state index is 5.42. The Morgan fingerprint density at radius 2 is 0.814 bits per heavy atom. The Kier molecular flexibility index (Phi) is 6.89. The summed E-state index contributed by atoms with van der Waals surface area (Å²) in [5, 5.41) is 11.2. The van der Waals surface area contributed by atoms with Gasteiger partial charge in [-0.3, -0.25) is 0 Å². The maximum atomic E-state index is 5.42. The Morgan fingerprint density at radius 3 is 1.42 bits per heavy atom. The van der Waals surface area contributed by atoms with Crippen LogP contribution >= 0.6 is 11.3 Å². The minimum Gasteiger partial charge on any atom is -0.309 e. The van der Waals surface area contributed by atoms with Crippen molar-refractivity contribution in [3.05, 3.63) is 200 Å². The second-order valence-corrected chi connectivity index (χ2v) is 16.6. The van der Waals surface area contributed by atoms with Gasteiger partial charge in [0.25, 0.3) is 0 Å². The Labute approximate surface area is 343 Å². The molecule has 0 radical (unpaired) electrons. The van der Waals surface area contributed by atoms with E-state index in [1.807, 2.05) is 11.3 Å². The lowest BCUT2D eigenvalue weighted by molar-refractivity contribution is 1.13. The van der Waals surface area contributed by atoms with E-state index < -0.39 is 0 Å². The molecule has 0 amide bonds. The van der Waals surface area contributed by atoms with Crippen LogP contribution in [0, 0.1) is 0 Å². The number of hydrogen-bond donors (Lipinski definition) is 0. The summed E-state index contributed by atoms with van der Waals surface area (Å²) < 4.78 is 7.46. The van der Waals surface area contributed by atoms with Gasteiger partial charge in [0.05, 0.1) is 33.3 Å². The van der Waals surface area contributed by atoms with Gasteiger partial charge in [-0.2, -0.15) is 0 Å². The molecule has 0 unspecified atom stereocenters. The summed E-state index contributed by atoms with van der Waals surface area (Å²) in [5.74, 6) is 0. The molecule has 4 aromatic heterocycles. The zero-order chi connectivity index (χ0) is 38.6. The summed E-state index contributed by atoms with van der Waals surface area (Å²) in [6, 6.07) is 73.2. The van der Waals surface area contributed by atoms with Crippen molar-refractivity contribution >= 4 is 96.8 Å². The highest BCUT2D eigenvalue weighted by molar-refractivity contribution is 7.25. The van der Waals surface area contributed by atoms with Crippen LogP contribution in [-0.4, -0.2) is 14.1 Å². The van der Waals surface area contributed by atoms with Gasteiger partial charge in [-0.1, -0.05) is 127 Å². The average molecular weight is 768 g/mol. The zero-order valence-corrected chi connectivity index (χ0v) is 32.6. The molecule has 0 bridgehead atoms. The van der Waals surface area contributed by atoms with Gasteiger partial charge in [0.1, 0.15) is 0 Å². The quantitative estimate of drug-likeness (QED) is 0.164. The molecule has 0 spiro atoms. The number of thiophene rings is 1. The molecule has 59 heavy (non-hydrogen) atoms. The van der Waals surface area contributed by atoms with Crippen LogP contribution in [0.2, 0.25) is 0 Å². The van der Waals surface area contributed by atoms with E-state index in [-0.39, 0.29) is 0 Å². The molecule has 4 heteroatoms. The van der Waals surface area contributed by atoms with Crippen molar-refractivity contribution in [3.63, 3.8) is 0 Å². The predicted octanol–water partition coefficient (Wildman–Crippen LogP) is 15.3. The zero-order valence-electron chi connectivity index (χ0n) is 31.8. The lowest BCUT2D eigenvalue weighted by atomic mass is 9.95. The van der Waals surface area contributed by atoms with Crippen LogP contribution in [0.3, 0.4) is 0 Å². The van der Waals surface area contributed by atoms with Crippen molar-refractivity contribution in [1.29, 1.82) is 0 Å². The van der Waals surface area contributed by atoms with E-state index in [1.165, 1.54) is 79.9 Å². The Morgan fingerprint density at radius 1 is 0.305 bits per heavy atom. The monoisotopic (exact) mass is 767 g/mol. The van der Waals surface area contributed by atoms with Crippen molar-refractivity contribution in [2.75, 3.05) is 0 Å². The van der Waals surface area contributed by atoms with E-state index in [2.05, 4.69) is 209 Å². The smallest absolute Gasteiger partial charge is 0.0788 e. The fourth-order valence-corrected chi connectivity index (χ4v) is 10.8. The van der Waals surface area contributed by atoms with Crippen LogP contribution in [0.25, 0.3) is 119 Å². The predicted molar refractivity (Wildman–Crippen MR) is 252 cm³/mol. The Bertz CT molecular complexity index is 3620. The van der Waals surface area contributed by atoms with E-state index in [4.69, 9.17) is 4.98 Å². The van der Waals surface area contributed by atoms with Crippen LogP contribution < -0.4 is 0 Å². The highest BCUT2D eigenvalue weighted by Gasteiger charge is 2.19. The van der Waals surface area contributed by atoms with Gasteiger partial charge in [0, 0.05) is 69.4 Å². The van der Waals surface area contributed by atoms with Gasteiger partial charge >= 0.3 is 0 Å². The van der Waals surface area contributed by atoms with Gasteiger partial charge in [-0.25, -0.2) is 4.98 Å². The molecule has 274 valence electrons. The topological polar surface area (TPSA) is 22.8 Å². The van der Waals surface area contributed by atoms with Crippen LogP contribution in [0.15, 0.2) is 200 Å². The molecule has 9 aromatic carbocycles. The third-order valence-corrected chi connectivity index (χ3v) is 13.4. The van der Waals surface area contributed by atoms with Crippen molar-refractivity contribution in [1.82, 2.24) is 14.1 Å². The number of hydrogen-bond acceptors (Lipinski definition) is 2. The van der Waals surface area contributed by atoms with E-state index in [0.717, 1.165) is 39.3 Å². The molecule has 0 N–H and O–H groups in total. The van der Waals surface area contributed by atoms with Gasteiger partial charge in [0.15, 0.2) is 0 Å². The molecule has 0 aliphatic rings. The molecule has 3 nitrogen and oxygen atoms in total. The summed E-state index contributed by atoms with van der Waals surface area (Å²) in [6.45, 7) is 0. The maximum Gasteiger partial charge on any atom is 0.0788 e. The van der Waals surface area contributed by atoms with Gasteiger partial charge in [-0.15, -0.1) is 11.3 Å². The van der Waals surface area contributed by atoms with Gasteiger partial charge in [-0.05, 0) is 89.3 Å². The normalized spacial score (nSPS) is 12.1. The lowest BCUT2D eigenvalue weighted by Crippen LogP contribution is -2.00. The molecule has 13 rings (SSSR count). The molecule has 0 fully saturated rings. The number of nitrogens with zero attached hydrogens (tertiary/aromatic N) is 3. The van der Waals surface area contributed by atoms with Crippen molar-refractivity contribution in [3.8, 4) is 33.8 Å². The first-order valence-corrected chi connectivity index (χ1v) is 20.9. The Balaban J connectivity index is 1.08. The lowest BCUT2D eigenvalue weighted by Gasteiger charge is -2.16. The highest BCUT2D eigenvalue weighted by Crippen LogP contribution is 2.43. The summed E-state index contributed by atoms with van der Waals surface area (Å²) in [6.07, 6.45) is 0. The summed E-state index contributed by atoms with van der Waals surface area (Å²) in [5.41, 5.74) is 12.4. The fourth-order valence-electron chi connectivity index (χ4n) is 9.66. The first-order valence-electron chi connectivity index (χ1n) is 20.1. The van der Waals surface area contributed by atoms with Crippen molar-refractivity contribution in [2.24, 2.45) is 0 Å². The van der Waals surface area contributed by atoms with E-state index >= 15 is 0 Å². The number of pyridine rings is 1. The summed E-state index contributed by atoms with van der Waals surface area (Å²) in [7, 11) is 0. The molecule has 13 aromatic rings. The second-order valence-electron chi connectivity index (χ2n) is 15.5. The molecule has 4 heterocycles. The summed E-state index contributed by atoms with van der Waals surface area (Å²) >= 11 is 1.86. The first-order chi connectivity index (χ1) is 29.2. The van der Waals surface area contributed by atoms with Crippen molar-refractivity contribution < 1.29 is 0 Å². The minimum atomic E-state index is 1.00. The third-order valence-electron chi connectivity index (χ3n) is 12.2. The number of rotatable bonds is 4. The molecular weight excluding hydrogens is 735 g/mol. The molecule has 0 saturated heterocycles. The minimum absolute atomic E-state index is 1.00. The third kappa shape index (κ3) is 4.84. The molecule has 0 aliphatic heterocycles. The van der Waals surface area contributed by atoms with Crippen molar-refractivity contribution in [2.45, 2.75) is 0 Å². The van der Waals surface area contributed by atoms with Crippen LogP contribution in [0.4, 0.5) is 0 Å². The highest BCUT2D eigenvalue weighted by atomic mass is 32.1. The van der Waals surface area contributed by atoms with E-state index in [0.29, 0.717) is 0 Å². The van der Waals surface area contributed by atoms with E-state index in [9.17, 15) is 0 Å². The SMILES string of the molecule is c1cc(-c2cc(-n3c4ccccc4c4ccccc43)cc(-n3c4ccccc4c4ccccc43)c2)cc(-c2nc3ccccc3c3cc4c(cc23)sc2ccccc24)c1. The van der Waals surface area contributed by atoms with Crippen LogP contribution in [-0.2, 0) is 0 Å². The number of benzene rings is 9.